The Morgan fingerprint density at radius 2 is 2.08 bits per heavy atom. The Bertz CT molecular complexity index is 342. The summed E-state index contributed by atoms with van der Waals surface area (Å²) in [6.45, 7) is 4.00. The zero-order valence-electron chi connectivity index (χ0n) is 7.33. The summed E-state index contributed by atoms with van der Waals surface area (Å²) in [6.07, 6.45) is 1.57. The van der Waals surface area contributed by atoms with Crippen LogP contribution in [0.4, 0.5) is 0 Å². The lowest BCUT2D eigenvalue weighted by Gasteiger charge is -2.02. The van der Waals surface area contributed by atoms with Crippen molar-refractivity contribution in [1.29, 1.82) is 5.26 Å². The molecule has 0 amide bonds. The molecule has 0 N–H and O–H groups in total. The molecule has 60 valence electrons. The first-order valence-corrected chi connectivity index (χ1v) is 3.88. The topological polar surface area (TPSA) is 23.8 Å². The molecule has 0 aliphatic heterocycles. The molecule has 1 aromatic carbocycles. The second kappa shape index (κ2) is 3.73. The second-order valence-corrected chi connectivity index (χ2v) is 2.77. The third-order valence-corrected chi connectivity index (χ3v) is 1.85. The van der Waals surface area contributed by atoms with Crippen molar-refractivity contribution in [3.63, 3.8) is 0 Å². The Balaban J connectivity index is 3.13. The van der Waals surface area contributed by atoms with E-state index in [1.807, 2.05) is 44.2 Å². The SMILES string of the molecule is CC(=CC#N)c1ccccc1C. The smallest absolute Gasteiger partial charge is 0.0915 e. The van der Waals surface area contributed by atoms with Gasteiger partial charge in [0.1, 0.15) is 0 Å². The van der Waals surface area contributed by atoms with Gasteiger partial charge >= 0.3 is 0 Å². The molecule has 0 saturated carbocycles. The van der Waals surface area contributed by atoms with Crippen LogP contribution in [0.2, 0.25) is 0 Å². The molecule has 1 rings (SSSR count). The largest absolute Gasteiger partial charge is 0.193 e. The quantitative estimate of drug-likeness (QED) is 0.575. The van der Waals surface area contributed by atoms with Gasteiger partial charge in [0.15, 0.2) is 0 Å². The predicted octanol–water partition coefficient (Wildman–Crippen LogP) is 2.92. The van der Waals surface area contributed by atoms with Crippen LogP contribution in [-0.2, 0) is 0 Å². The standard InChI is InChI=1S/C11H11N/c1-9-5-3-4-6-11(9)10(2)7-8-12/h3-7H,1-2H3. The van der Waals surface area contributed by atoms with E-state index in [1.165, 1.54) is 5.56 Å². The van der Waals surface area contributed by atoms with E-state index in [2.05, 4.69) is 0 Å². The van der Waals surface area contributed by atoms with E-state index in [1.54, 1.807) is 6.08 Å². The van der Waals surface area contributed by atoms with Gasteiger partial charge in [0, 0.05) is 6.08 Å². The highest BCUT2D eigenvalue weighted by molar-refractivity contribution is 5.68. The Morgan fingerprint density at radius 3 is 2.67 bits per heavy atom. The molecule has 0 saturated heterocycles. The van der Waals surface area contributed by atoms with Crippen molar-refractivity contribution in [3.05, 3.63) is 41.5 Å². The van der Waals surface area contributed by atoms with Gasteiger partial charge < -0.3 is 0 Å². The summed E-state index contributed by atoms with van der Waals surface area (Å²) in [5.41, 5.74) is 3.39. The summed E-state index contributed by atoms with van der Waals surface area (Å²) in [6, 6.07) is 10.1. The minimum Gasteiger partial charge on any atom is -0.193 e. The zero-order chi connectivity index (χ0) is 8.97. The van der Waals surface area contributed by atoms with Crippen molar-refractivity contribution in [2.75, 3.05) is 0 Å². The number of nitrogens with zero attached hydrogens (tertiary/aromatic N) is 1. The van der Waals surface area contributed by atoms with E-state index in [0.717, 1.165) is 11.1 Å². The van der Waals surface area contributed by atoms with E-state index < -0.39 is 0 Å². The molecule has 0 spiro atoms. The third-order valence-electron chi connectivity index (χ3n) is 1.85. The summed E-state index contributed by atoms with van der Waals surface area (Å²) in [5, 5.41) is 8.46. The van der Waals surface area contributed by atoms with E-state index >= 15 is 0 Å². The molecule has 0 bridgehead atoms. The molecule has 0 heterocycles. The first kappa shape index (κ1) is 8.55. The van der Waals surface area contributed by atoms with Gasteiger partial charge in [-0.2, -0.15) is 5.26 Å². The average Bonchev–Trinajstić information content (AvgIpc) is 2.05. The normalized spacial score (nSPS) is 10.9. The van der Waals surface area contributed by atoms with Crippen LogP contribution in [-0.4, -0.2) is 0 Å². The van der Waals surface area contributed by atoms with Gasteiger partial charge in [-0.1, -0.05) is 24.3 Å². The third kappa shape index (κ3) is 1.73. The molecule has 12 heavy (non-hydrogen) atoms. The van der Waals surface area contributed by atoms with Crippen LogP contribution < -0.4 is 0 Å². The maximum Gasteiger partial charge on any atom is 0.0915 e. The summed E-state index contributed by atoms with van der Waals surface area (Å²) in [5.74, 6) is 0. The molecule has 0 atom stereocenters. The van der Waals surface area contributed by atoms with Crippen molar-refractivity contribution in [2.45, 2.75) is 13.8 Å². The molecule has 0 unspecified atom stereocenters. The van der Waals surface area contributed by atoms with Crippen molar-refractivity contribution in [1.82, 2.24) is 0 Å². The lowest BCUT2D eigenvalue weighted by Crippen LogP contribution is -1.83. The Labute approximate surface area is 73.0 Å². The molecule has 0 aromatic heterocycles. The number of aryl methyl sites for hydroxylation is 1. The van der Waals surface area contributed by atoms with E-state index in [9.17, 15) is 0 Å². The summed E-state index contributed by atoms with van der Waals surface area (Å²) in [4.78, 5) is 0. The lowest BCUT2D eigenvalue weighted by molar-refractivity contribution is 1.41. The minimum atomic E-state index is 1.02. The molecule has 0 aliphatic carbocycles. The van der Waals surface area contributed by atoms with Crippen LogP contribution in [0.5, 0.6) is 0 Å². The van der Waals surface area contributed by atoms with Gasteiger partial charge in [-0.3, -0.25) is 0 Å². The molecular weight excluding hydrogens is 146 g/mol. The fourth-order valence-electron chi connectivity index (χ4n) is 1.19. The molecule has 1 heteroatoms. The van der Waals surface area contributed by atoms with Gasteiger partial charge in [0.05, 0.1) is 6.07 Å². The molecular formula is C11H11N. The van der Waals surface area contributed by atoms with Crippen LogP contribution in [0.15, 0.2) is 30.3 Å². The first-order valence-electron chi connectivity index (χ1n) is 3.88. The molecule has 0 fully saturated rings. The molecule has 1 nitrogen and oxygen atoms in total. The zero-order valence-corrected chi connectivity index (χ0v) is 7.33. The summed E-state index contributed by atoms with van der Waals surface area (Å²) < 4.78 is 0. The number of allylic oxidation sites excluding steroid dienone is 2. The number of benzene rings is 1. The number of hydrogen-bond acceptors (Lipinski definition) is 1. The van der Waals surface area contributed by atoms with Crippen molar-refractivity contribution >= 4 is 5.57 Å². The fourth-order valence-corrected chi connectivity index (χ4v) is 1.19. The van der Waals surface area contributed by atoms with Crippen LogP contribution in [0.1, 0.15) is 18.1 Å². The Kier molecular flexibility index (Phi) is 2.66. The minimum absolute atomic E-state index is 1.02. The second-order valence-electron chi connectivity index (χ2n) is 2.77. The van der Waals surface area contributed by atoms with Crippen LogP contribution >= 0.6 is 0 Å². The van der Waals surface area contributed by atoms with Gasteiger partial charge in [-0.15, -0.1) is 0 Å². The fraction of sp³-hybridized carbons (Fsp3) is 0.182. The summed E-state index contributed by atoms with van der Waals surface area (Å²) >= 11 is 0. The highest BCUT2D eigenvalue weighted by Gasteiger charge is 1.97. The van der Waals surface area contributed by atoms with Gasteiger partial charge in [0.25, 0.3) is 0 Å². The van der Waals surface area contributed by atoms with Gasteiger partial charge in [-0.25, -0.2) is 0 Å². The Morgan fingerprint density at radius 1 is 1.42 bits per heavy atom. The van der Waals surface area contributed by atoms with Crippen molar-refractivity contribution in [3.8, 4) is 6.07 Å². The maximum absolute atomic E-state index is 8.46. The Hall–Kier alpha value is -1.55. The van der Waals surface area contributed by atoms with E-state index in [4.69, 9.17) is 5.26 Å². The highest BCUT2D eigenvalue weighted by Crippen LogP contribution is 2.16. The van der Waals surface area contributed by atoms with Crippen LogP contribution in [0.3, 0.4) is 0 Å². The van der Waals surface area contributed by atoms with E-state index in [-0.39, 0.29) is 0 Å². The van der Waals surface area contributed by atoms with Gasteiger partial charge in [-0.05, 0) is 30.5 Å². The molecule has 0 radical (unpaired) electrons. The van der Waals surface area contributed by atoms with Crippen LogP contribution in [0, 0.1) is 18.3 Å². The molecule has 1 aromatic rings. The summed E-state index contributed by atoms with van der Waals surface area (Å²) in [7, 11) is 0. The van der Waals surface area contributed by atoms with E-state index in [0.29, 0.717) is 0 Å². The van der Waals surface area contributed by atoms with Crippen molar-refractivity contribution in [2.24, 2.45) is 0 Å². The van der Waals surface area contributed by atoms with Crippen LogP contribution in [0.25, 0.3) is 5.57 Å². The number of rotatable bonds is 1. The lowest BCUT2D eigenvalue weighted by atomic mass is 10.0. The first-order chi connectivity index (χ1) is 5.75. The van der Waals surface area contributed by atoms with Crippen molar-refractivity contribution < 1.29 is 0 Å². The average molecular weight is 157 g/mol. The maximum atomic E-state index is 8.46. The highest BCUT2D eigenvalue weighted by atomic mass is 14.2. The number of hydrogen-bond donors (Lipinski definition) is 0. The predicted molar refractivity (Wildman–Crippen MR) is 50.4 cm³/mol. The molecule has 0 aliphatic rings. The van der Waals surface area contributed by atoms with Gasteiger partial charge in [0.2, 0.25) is 0 Å². The monoisotopic (exact) mass is 157 g/mol. The number of nitriles is 1.